The Morgan fingerprint density at radius 1 is 0.368 bits per heavy atom. The number of pyridine rings is 3. The monoisotopic (exact) mass is 1150 g/mol. The molecule has 15 nitrogen and oxygen atoms in total. The van der Waals surface area contributed by atoms with Crippen LogP contribution in [0.1, 0.15) is 51.9 Å². The Bertz CT molecular complexity index is 4210. The van der Waals surface area contributed by atoms with Gasteiger partial charge in [-0.3, -0.25) is 9.59 Å². The Balaban J connectivity index is 0.000000153. The van der Waals surface area contributed by atoms with Crippen LogP contribution in [-0.4, -0.2) is 62.8 Å². The third kappa shape index (κ3) is 16.0. The predicted octanol–water partition coefficient (Wildman–Crippen LogP) is 12.7. The van der Waals surface area contributed by atoms with Crippen LogP contribution in [0, 0.1) is 0 Å². The molecule has 0 fully saturated rings. The van der Waals surface area contributed by atoms with Crippen LogP contribution in [0.5, 0.6) is 34.5 Å². The molecule has 0 radical (unpaired) electrons. The van der Waals surface area contributed by atoms with Gasteiger partial charge in [0.15, 0.2) is 25.6 Å². The standard InChI is InChI=1S/C32H26N2O5.C24H20N2O3.C16H14N2O/c35-29(21-37-25-14-6-2-7-15-25)34-31(23-11-4-1-5-12-23)27-20-19-24-13-10-18-28(32(24)33-27)39-30(36)22-38-26-16-8-3-9-17-26;27-21-13-7-10-18-14-15-20(25-24(18)21)23(17-8-3-1-4-9-17)26-22(28)16-29-19-11-5-2-6-12-19;17-15(11-5-2-1-3-6-11)13-10-9-12-7-4-8-14(19)16(12)18-13/h1-20,31H,21-22H2,(H,34,35);1-15,23,27H,16H2,(H,26,28);1-10,15,19H,17H2. The van der Waals surface area contributed by atoms with E-state index in [2.05, 4.69) is 20.6 Å². The van der Waals surface area contributed by atoms with Crippen LogP contribution < -0.4 is 35.3 Å². The zero-order chi connectivity index (χ0) is 60.2. The van der Waals surface area contributed by atoms with Crippen LogP contribution in [0.4, 0.5) is 0 Å². The van der Waals surface area contributed by atoms with Crippen LogP contribution in [0.2, 0.25) is 0 Å². The van der Waals surface area contributed by atoms with Crippen LogP contribution in [0.3, 0.4) is 0 Å². The average Bonchev–Trinajstić information content (AvgIpc) is 2.78. The number of carbonyl (C=O) groups excluding carboxylic acids is 3. The lowest BCUT2D eigenvalue weighted by molar-refractivity contribution is -0.136. The van der Waals surface area contributed by atoms with E-state index in [-0.39, 0.29) is 49.2 Å². The van der Waals surface area contributed by atoms with Gasteiger partial charge in [0.1, 0.15) is 45.3 Å². The number of benzene rings is 9. The molecule has 3 heterocycles. The molecule has 0 saturated carbocycles. The predicted molar refractivity (Wildman–Crippen MR) is 335 cm³/mol. The topological polar surface area (TPSA) is 217 Å². The lowest BCUT2D eigenvalue weighted by Gasteiger charge is -2.20. The van der Waals surface area contributed by atoms with Gasteiger partial charge in [-0.1, -0.05) is 200 Å². The molecule has 0 spiro atoms. The molecule has 3 aromatic heterocycles. The second kappa shape index (κ2) is 29.2. The largest absolute Gasteiger partial charge is 0.506 e. The normalized spacial score (nSPS) is 11.7. The van der Waals surface area contributed by atoms with E-state index in [0.29, 0.717) is 50.9 Å². The van der Waals surface area contributed by atoms with Gasteiger partial charge >= 0.3 is 5.97 Å². The lowest BCUT2D eigenvalue weighted by atomic mass is 10.0. The maximum Gasteiger partial charge on any atom is 0.349 e. The second-order valence-electron chi connectivity index (χ2n) is 19.7. The fourth-order valence-corrected chi connectivity index (χ4v) is 9.33. The molecule has 0 aliphatic rings. The highest BCUT2D eigenvalue weighted by atomic mass is 16.6. The number of hydrogen-bond donors (Lipinski definition) is 5. The maximum absolute atomic E-state index is 12.9. The number of phenols is 2. The third-order valence-corrected chi connectivity index (χ3v) is 13.6. The van der Waals surface area contributed by atoms with E-state index in [1.807, 2.05) is 200 Å². The number of ether oxygens (including phenoxy) is 4. The smallest absolute Gasteiger partial charge is 0.349 e. The molecule has 12 aromatic rings. The molecule has 15 heteroatoms. The summed E-state index contributed by atoms with van der Waals surface area (Å²) in [5.74, 6) is 1.29. The van der Waals surface area contributed by atoms with E-state index in [1.165, 1.54) is 0 Å². The summed E-state index contributed by atoms with van der Waals surface area (Å²) in [4.78, 5) is 52.0. The van der Waals surface area contributed by atoms with E-state index < -0.39 is 18.1 Å². The number of aromatic hydroxyl groups is 2. The third-order valence-electron chi connectivity index (χ3n) is 13.6. The van der Waals surface area contributed by atoms with Crippen molar-refractivity contribution in [1.82, 2.24) is 25.6 Å². The van der Waals surface area contributed by atoms with Crippen LogP contribution in [0.25, 0.3) is 32.7 Å². The summed E-state index contributed by atoms with van der Waals surface area (Å²) in [7, 11) is 0. The van der Waals surface area contributed by atoms with Crippen molar-refractivity contribution in [1.29, 1.82) is 0 Å². The van der Waals surface area contributed by atoms with Crippen molar-refractivity contribution in [3.63, 3.8) is 0 Å². The minimum Gasteiger partial charge on any atom is -0.506 e. The number of esters is 1. The summed E-state index contributed by atoms with van der Waals surface area (Å²) in [5, 5.41) is 28.6. The van der Waals surface area contributed by atoms with Crippen molar-refractivity contribution in [2.45, 2.75) is 18.1 Å². The summed E-state index contributed by atoms with van der Waals surface area (Å²) in [6.07, 6.45) is 0. The molecule has 9 aromatic carbocycles. The van der Waals surface area contributed by atoms with Crippen molar-refractivity contribution in [2.24, 2.45) is 5.73 Å². The number of nitrogens with zero attached hydrogens (tertiary/aromatic N) is 3. The number of amides is 2. The van der Waals surface area contributed by atoms with E-state index in [4.69, 9.17) is 29.7 Å². The van der Waals surface area contributed by atoms with Crippen molar-refractivity contribution in [2.75, 3.05) is 19.8 Å². The molecular weight excluding hydrogens is 1090 g/mol. The van der Waals surface area contributed by atoms with E-state index >= 15 is 0 Å². The van der Waals surface area contributed by atoms with Crippen molar-refractivity contribution < 1.29 is 43.5 Å². The van der Waals surface area contributed by atoms with Crippen LogP contribution in [-0.2, 0) is 14.4 Å². The van der Waals surface area contributed by atoms with E-state index in [0.717, 1.165) is 38.5 Å². The zero-order valence-corrected chi connectivity index (χ0v) is 47.0. The highest BCUT2D eigenvalue weighted by Crippen LogP contribution is 2.31. The molecule has 12 rings (SSSR count). The highest BCUT2D eigenvalue weighted by molar-refractivity contribution is 5.88. The quantitative estimate of drug-likeness (QED) is 0.0400. The molecule has 0 aliphatic heterocycles. The number of hydrogen-bond acceptors (Lipinski definition) is 13. The second-order valence-corrected chi connectivity index (χ2v) is 19.7. The first-order valence-electron chi connectivity index (χ1n) is 27.9. The molecule has 3 atom stereocenters. The van der Waals surface area contributed by atoms with Gasteiger partial charge in [-0.2, -0.15) is 0 Å². The number of fused-ring (bicyclic) bond motifs is 3. The van der Waals surface area contributed by atoms with Gasteiger partial charge in [0.2, 0.25) is 0 Å². The first-order chi connectivity index (χ1) is 42.6. The highest BCUT2D eigenvalue weighted by Gasteiger charge is 2.22. The molecule has 3 unspecified atom stereocenters. The summed E-state index contributed by atoms with van der Waals surface area (Å²) in [6, 6.07) is 82.3. The summed E-state index contributed by atoms with van der Waals surface area (Å²) in [5.41, 5.74) is 12.5. The van der Waals surface area contributed by atoms with Gasteiger partial charge in [-0.15, -0.1) is 0 Å². The van der Waals surface area contributed by atoms with E-state index in [1.54, 1.807) is 72.8 Å². The van der Waals surface area contributed by atoms with Crippen LogP contribution in [0.15, 0.2) is 273 Å². The summed E-state index contributed by atoms with van der Waals surface area (Å²) >= 11 is 0. The Kier molecular flexibility index (Phi) is 19.7. The number of rotatable bonds is 18. The summed E-state index contributed by atoms with van der Waals surface area (Å²) < 4.78 is 22.3. The number of nitrogens with one attached hydrogen (secondary N) is 2. The fraction of sp³-hybridized carbons (Fsp3) is 0.0833. The van der Waals surface area contributed by atoms with Crippen molar-refractivity contribution in [3.05, 3.63) is 307 Å². The molecule has 2 amide bonds. The number of carbonyl (C=O) groups is 3. The van der Waals surface area contributed by atoms with Gasteiger partial charge in [0.05, 0.1) is 35.2 Å². The SMILES string of the molecule is NC(c1ccccc1)c1ccc2cccc(O)c2n1.O=C(COc1ccccc1)NC(c1ccccc1)c1ccc2cccc(O)c2n1.O=C(COc1ccccc1)NC(c1ccccc1)c1ccc2cccc(OC(=O)COc3ccccc3)c2n1. The minimum atomic E-state index is -0.551. The van der Waals surface area contributed by atoms with E-state index in [9.17, 15) is 24.6 Å². The fourth-order valence-electron chi connectivity index (χ4n) is 9.33. The molecule has 0 aliphatic carbocycles. The molecule has 0 saturated heterocycles. The van der Waals surface area contributed by atoms with Gasteiger partial charge in [-0.25, -0.2) is 19.7 Å². The molecular formula is C72H60N6O9. The number of para-hydroxylation sites is 6. The Hall–Kier alpha value is -11.4. The van der Waals surface area contributed by atoms with Gasteiger partial charge < -0.3 is 45.5 Å². The Morgan fingerprint density at radius 2 is 0.713 bits per heavy atom. The number of phenolic OH excluding ortho intramolecular Hbond substituents is 2. The first kappa shape index (κ1) is 58.8. The maximum atomic E-state index is 12.9. The molecule has 6 N–H and O–H groups in total. The lowest BCUT2D eigenvalue weighted by Crippen LogP contribution is -2.33. The number of aromatic nitrogens is 3. The molecule has 87 heavy (non-hydrogen) atoms. The summed E-state index contributed by atoms with van der Waals surface area (Å²) in [6.45, 7) is -0.498. The van der Waals surface area contributed by atoms with Gasteiger partial charge in [0, 0.05) is 16.2 Å². The van der Waals surface area contributed by atoms with Crippen molar-refractivity contribution in [3.8, 4) is 34.5 Å². The molecule has 0 bridgehead atoms. The minimum absolute atomic E-state index is 0.105. The zero-order valence-electron chi connectivity index (χ0n) is 47.0. The first-order valence-corrected chi connectivity index (χ1v) is 27.9. The van der Waals surface area contributed by atoms with Crippen LogP contribution >= 0.6 is 0 Å². The Morgan fingerprint density at radius 3 is 1.15 bits per heavy atom. The van der Waals surface area contributed by atoms with Gasteiger partial charge in [0.25, 0.3) is 11.8 Å². The molecule has 432 valence electrons. The van der Waals surface area contributed by atoms with Gasteiger partial charge in [-0.05, 0) is 89.5 Å². The van der Waals surface area contributed by atoms with Crippen molar-refractivity contribution >= 4 is 50.5 Å². The number of nitrogens with two attached hydrogens (primary N) is 1. The Labute approximate surface area is 502 Å². The average molecular weight is 1150 g/mol.